The van der Waals surface area contributed by atoms with Crippen LogP contribution in [0.1, 0.15) is 37.3 Å². The first-order chi connectivity index (χ1) is 8.61. The Hall–Kier alpha value is -1.06. The molecular formula is C15H23NO2. The van der Waals surface area contributed by atoms with Crippen molar-refractivity contribution in [3.63, 3.8) is 0 Å². The molecule has 100 valence electrons. The molecule has 3 heteroatoms. The van der Waals surface area contributed by atoms with Crippen LogP contribution in [0.4, 0.5) is 0 Å². The summed E-state index contributed by atoms with van der Waals surface area (Å²) in [5.74, 6) is 0.921. The number of fused-ring (bicyclic) bond motifs is 1. The summed E-state index contributed by atoms with van der Waals surface area (Å²) >= 11 is 0. The van der Waals surface area contributed by atoms with E-state index in [9.17, 15) is 0 Å². The van der Waals surface area contributed by atoms with Crippen molar-refractivity contribution >= 4 is 0 Å². The van der Waals surface area contributed by atoms with Crippen LogP contribution in [-0.2, 0) is 12.8 Å². The third kappa shape index (κ3) is 3.47. The highest BCUT2D eigenvalue weighted by Crippen LogP contribution is 2.25. The van der Waals surface area contributed by atoms with Crippen molar-refractivity contribution in [1.82, 2.24) is 0 Å². The maximum atomic E-state index is 9.07. The van der Waals surface area contributed by atoms with Crippen LogP contribution in [0.25, 0.3) is 0 Å². The van der Waals surface area contributed by atoms with Crippen molar-refractivity contribution in [1.29, 1.82) is 0 Å². The van der Waals surface area contributed by atoms with Gasteiger partial charge in [0.2, 0.25) is 0 Å². The van der Waals surface area contributed by atoms with Crippen molar-refractivity contribution in [2.24, 2.45) is 5.73 Å². The lowest BCUT2D eigenvalue weighted by molar-refractivity contribution is 0.175. The Morgan fingerprint density at radius 3 is 2.72 bits per heavy atom. The van der Waals surface area contributed by atoms with Gasteiger partial charge in [-0.15, -0.1) is 0 Å². The Labute approximate surface area is 109 Å². The molecule has 0 amide bonds. The van der Waals surface area contributed by atoms with Gasteiger partial charge in [-0.3, -0.25) is 0 Å². The second kappa shape index (κ2) is 5.72. The Morgan fingerprint density at radius 2 is 2.00 bits per heavy atom. The summed E-state index contributed by atoms with van der Waals surface area (Å²) in [6.45, 7) is 2.37. The molecule has 0 spiro atoms. The summed E-state index contributed by atoms with van der Waals surface area (Å²) in [6, 6.07) is 6.37. The molecule has 0 aliphatic heterocycles. The van der Waals surface area contributed by atoms with E-state index in [1.54, 1.807) is 0 Å². The SMILES string of the molecule is CC(N)(CO)CCOc1ccc2c(c1)CCCC2. The van der Waals surface area contributed by atoms with Gasteiger partial charge in [0.05, 0.1) is 13.2 Å². The van der Waals surface area contributed by atoms with Gasteiger partial charge in [0.25, 0.3) is 0 Å². The van der Waals surface area contributed by atoms with Gasteiger partial charge in [-0.2, -0.15) is 0 Å². The number of hydrogen-bond acceptors (Lipinski definition) is 3. The number of hydrogen-bond donors (Lipinski definition) is 2. The molecule has 0 saturated heterocycles. The van der Waals surface area contributed by atoms with E-state index >= 15 is 0 Å². The van der Waals surface area contributed by atoms with Crippen molar-refractivity contribution in [3.8, 4) is 5.75 Å². The Kier molecular flexibility index (Phi) is 4.25. The van der Waals surface area contributed by atoms with E-state index in [1.165, 1.54) is 30.4 Å². The molecule has 1 aromatic carbocycles. The van der Waals surface area contributed by atoms with Crippen LogP contribution < -0.4 is 10.5 Å². The van der Waals surface area contributed by atoms with Gasteiger partial charge in [0.1, 0.15) is 5.75 Å². The van der Waals surface area contributed by atoms with Crippen LogP contribution in [0.5, 0.6) is 5.75 Å². The molecular weight excluding hydrogens is 226 g/mol. The van der Waals surface area contributed by atoms with Crippen LogP contribution in [0.3, 0.4) is 0 Å². The molecule has 1 atom stereocenters. The minimum absolute atomic E-state index is 0.0133. The second-order valence-corrected chi connectivity index (χ2v) is 5.55. The smallest absolute Gasteiger partial charge is 0.119 e. The summed E-state index contributed by atoms with van der Waals surface area (Å²) in [5, 5.41) is 9.07. The van der Waals surface area contributed by atoms with E-state index in [-0.39, 0.29) is 6.61 Å². The molecule has 0 bridgehead atoms. The molecule has 1 unspecified atom stereocenters. The highest BCUT2D eigenvalue weighted by atomic mass is 16.5. The third-order valence-corrected chi connectivity index (χ3v) is 3.62. The number of aliphatic hydroxyl groups excluding tert-OH is 1. The summed E-state index contributed by atoms with van der Waals surface area (Å²) in [4.78, 5) is 0. The predicted molar refractivity (Wildman–Crippen MR) is 72.9 cm³/mol. The Morgan fingerprint density at radius 1 is 1.28 bits per heavy atom. The van der Waals surface area contributed by atoms with Gasteiger partial charge in [0.15, 0.2) is 0 Å². The van der Waals surface area contributed by atoms with Gasteiger partial charge in [-0.1, -0.05) is 6.07 Å². The van der Waals surface area contributed by atoms with Crippen LogP contribution in [0.15, 0.2) is 18.2 Å². The minimum atomic E-state index is -0.547. The van der Waals surface area contributed by atoms with Gasteiger partial charge in [-0.05, 0) is 55.9 Å². The number of rotatable bonds is 5. The molecule has 3 N–H and O–H groups in total. The number of aryl methyl sites for hydroxylation is 2. The van der Waals surface area contributed by atoms with Crippen molar-refractivity contribution < 1.29 is 9.84 Å². The van der Waals surface area contributed by atoms with Crippen molar-refractivity contribution in [2.45, 2.75) is 44.6 Å². The largest absolute Gasteiger partial charge is 0.494 e. The van der Waals surface area contributed by atoms with Crippen LogP contribution in [-0.4, -0.2) is 23.9 Å². The van der Waals surface area contributed by atoms with E-state index in [0.717, 1.165) is 12.2 Å². The van der Waals surface area contributed by atoms with Gasteiger partial charge in [0, 0.05) is 12.0 Å². The van der Waals surface area contributed by atoms with E-state index in [0.29, 0.717) is 13.0 Å². The standard InChI is InChI=1S/C15H23NO2/c1-15(16,11-17)8-9-18-14-7-6-12-4-2-3-5-13(12)10-14/h6-7,10,17H,2-5,8-9,11,16H2,1H3. The third-order valence-electron chi connectivity index (χ3n) is 3.62. The van der Waals surface area contributed by atoms with Crippen LogP contribution >= 0.6 is 0 Å². The summed E-state index contributed by atoms with van der Waals surface area (Å²) in [5.41, 5.74) is 8.21. The highest BCUT2D eigenvalue weighted by Gasteiger charge is 2.17. The lowest BCUT2D eigenvalue weighted by atomic mass is 9.92. The number of nitrogens with two attached hydrogens (primary N) is 1. The van der Waals surface area contributed by atoms with E-state index in [4.69, 9.17) is 15.6 Å². The molecule has 0 saturated carbocycles. The maximum absolute atomic E-state index is 9.07. The molecule has 2 rings (SSSR count). The second-order valence-electron chi connectivity index (χ2n) is 5.55. The zero-order valence-electron chi connectivity index (χ0n) is 11.1. The van der Waals surface area contributed by atoms with Gasteiger partial charge >= 0.3 is 0 Å². The number of aliphatic hydroxyl groups is 1. The zero-order valence-corrected chi connectivity index (χ0v) is 11.1. The predicted octanol–water partition coefficient (Wildman–Crippen LogP) is 2.04. The van der Waals surface area contributed by atoms with Crippen molar-refractivity contribution in [3.05, 3.63) is 29.3 Å². The Bertz CT molecular complexity index is 401. The minimum Gasteiger partial charge on any atom is -0.494 e. The highest BCUT2D eigenvalue weighted by molar-refractivity contribution is 5.37. The molecule has 0 heterocycles. The molecule has 3 nitrogen and oxygen atoms in total. The van der Waals surface area contributed by atoms with Crippen molar-refractivity contribution in [2.75, 3.05) is 13.2 Å². The average Bonchev–Trinajstić information content (AvgIpc) is 2.38. The summed E-state index contributed by atoms with van der Waals surface area (Å²) in [6.07, 6.45) is 5.59. The summed E-state index contributed by atoms with van der Waals surface area (Å²) < 4.78 is 5.72. The first kappa shape index (κ1) is 13.4. The first-order valence-electron chi connectivity index (χ1n) is 6.75. The normalized spacial score (nSPS) is 17.9. The summed E-state index contributed by atoms with van der Waals surface area (Å²) in [7, 11) is 0. The lowest BCUT2D eigenvalue weighted by Gasteiger charge is -2.22. The number of ether oxygens (including phenoxy) is 1. The van der Waals surface area contributed by atoms with E-state index in [2.05, 4.69) is 12.1 Å². The van der Waals surface area contributed by atoms with E-state index in [1.807, 2.05) is 13.0 Å². The lowest BCUT2D eigenvalue weighted by Crippen LogP contribution is -2.41. The first-order valence-corrected chi connectivity index (χ1v) is 6.75. The van der Waals surface area contributed by atoms with Gasteiger partial charge in [-0.25, -0.2) is 0 Å². The average molecular weight is 249 g/mol. The topological polar surface area (TPSA) is 55.5 Å². The van der Waals surface area contributed by atoms with Crippen LogP contribution in [0, 0.1) is 0 Å². The van der Waals surface area contributed by atoms with Crippen LogP contribution in [0.2, 0.25) is 0 Å². The Balaban J connectivity index is 1.90. The molecule has 1 aromatic rings. The number of benzene rings is 1. The molecule has 0 aromatic heterocycles. The fraction of sp³-hybridized carbons (Fsp3) is 0.600. The zero-order chi connectivity index (χ0) is 13.0. The molecule has 0 fully saturated rings. The fourth-order valence-corrected chi connectivity index (χ4v) is 2.28. The van der Waals surface area contributed by atoms with E-state index < -0.39 is 5.54 Å². The maximum Gasteiger partial charge on any atom is 0.119 e. The molecule has 0 radical (unpaired) electrons. The molecule has 1 aliphatic rings. The van der Waals surface area contributed by atoms with Gasteiger partial charge < -0.3 is 15.6 Å². The fourth-order valence-electron chi connectivity index (χ4n) is 2.28. The molecule has 18 heavy (non-hydrogen) atoms. The monoisotopic (exact) mass is 249 g/mol. The molecule has 1 aliphatic carbocycles. The quantitative estimate of drug-likeness (QED) is 0.839.